The Kier molecular flexibility index (Phi) is 2.85. The van der Waals surface area contributed by atoms with Gasteiger partial charge in [0.2, 0.25) is 0 Å². The summed E-state index contributed by atoms with van der Waals surface area (Å²) in [6, 6.07) is 0. The van der Waals surface area contributed by atoms with Crippen LogP contribution in [0.4, 0.5) is 0 Å². The zero-order valence-corrected chi connectivity index (χ0v) is 9.53. The fraction of sp³-hybridized carbons (Fsp3) is 0.636. The van der Waals surface area contributed by atoms with Gasteiger partial charge in [-0.3, -0.25) is 9.36 Å². The molecule has 1 aromatic rings. The van der Waals surface area contributed by atoms with Gasteiger partial charge in [-0.1, -0.05) is 13.3 Å². The van der Waals surface area contributed by atoms with Crippen LogP contribution in [0.3, 0.4) is 0 Å². The molecule has 2 rings (SSSR count). The highest BCUT2D eigenvalue weighted by Crippen LogP contribution is 2.15. The first kappa shape index (κ1) is 11.0. The zero-order valence-electron chi connectivity index (χ0n) is 9.53. The van der Waals surface area contributed by atoms with Crippen LogP contribution in [0.25, 0.3) is 0 Å². The van der Waals surface area contributed by atoms with E-state index in [-0.39, 0.29) is 11.2 Å². The van der Waals surface area contributed by atoms with Crippen molar-refractivity contribution in [3.05, 3.63) is 32.1 Å². The zero-order chi connectivity index (χ0) is 11.7. The minimum Gasteiger partial charge on any atom is -0.335 e. The van der Waals surface area contributed by atoms with Crippen LogP contribution in [-0.2, 0) is 19.4 Å². The van der Waals surface area contributed by atoms with E-state index < -0.39 is 0 Å². The number of aromatic nitrogens is 2. The highest BCUT2D eigenvalue weighted by atomic mass is 16.2. The minimum atomic E-state index is -0.376. The van der Waals surface area contributed by atoms with Gasteiger partial charge >= 0.3 is 5.69 Å². The van der Waals surface area contributed by atoms with Crippen molar-refractivity contribution >= 4 is 0 Å². The van der Waals surface area contributed by atoms with Crippen molar-refractivity contribution in [3.8, 4) is 0 Å². The van der Waals surface area contributed by atoms with E-state index in [0.717, 1.165) is 48.0 Å². The normalized spacial score (nSPS) is 14.1. The van der Waals surface area contributed by atoms with Crippen molar-refractivity contribution < 1.29 is 0 Å². The summed E-state index contributed by atoms with van der Waals surface area (Å²) < 4.78 is 2.42. The number of hydrogen-bond acceptors (Lipinski definition) is 3. The first-order valence-electron chi connectivity index (χ1n) is 5.79. The van der Waals surface area contributed by atoms with E-state index in [2.05, 4.69) is 0 Å². The maximum atomic E-state index is 12.0. The van der Waals surface area contributed by atoms with Gasteiger partial charge in [-0.25, -0.2) is 9.47 Å². The largest absolute Gasteiger partial charge is 0.349 e. The lowest BCUT2D eigenvalue weighted by Gasteiger charge is -2.10. The molecule has 0 bridgehead atoms. The number of nitrogens with zero attached hydrogens (tertiary/aromatic N) is 2. The molecule has 0 saturated carbocycles. The Hall–Kier alpha value is -1.52. The van der Waals surface area contributed by atoms with Gasteiger partial charge in [0.1, 0.15) is 0 Å². The van der Waals surface area contributed by atoms with Crippen molar-refractivity contribution in [2.45, 2.75) is 45.6 Å². The molecule has 16 heavy (non-hydrogen) atoms. The Labute approximate surface area is 93.5 Å². The first-order valence-corrected chi connectivity index (χ1v) is 5.79. The van der Waals surface area contributed by atoms with Gasteiger partial charge in [0.15, 0.2) is 0 Å². The third kappa shape index (κ3) is 1.56. The SMILES string of the molecule is CCCCn1c(=O)c2c(n(N)c1=O)CCC2. The highest BCUT2D eigenvalue weighted by molar-refractivity contribution is 5.23. The lowest BCUT2D eigenvalue weighted by atomic mass is 10.2. The van der Waals surface area contributed by atoms with Crippen LogP contribution < -0.4 is 17.1 Å². The molecule has 1 aromatic heterocycles. The number of hydrogen-bond donors (Lipinski definition) is 1. The molecule has 0 fully saturated rings. The average Bonchev–Trinajstić information content (AvgIpc) is 2.75. The molecule has 1 aliphatic carbocycles. The van der Waals surface area contributed by atoms with Crippen LogP contribution in [0.2, 0.25) is 0 Å². The van der Waals surface area contributed by atoms with Gasteiger partial charge in [0, 0.05) is 12.1 Å². The molecule has 5 heteroatoms. The van der Waals surface area contributed by atoms with Crippen LogP contribution in [0.15, 0.2) is 9.59 Å². The second-order valence-corrected chi connectivity index (χ2v) is 4.24. The monoisotopic (exact) mass is 223 g/mol. The van der Waals surface area contributed by atoms with E-state index in [1.54, 1.807) is 0 Å². The minimum absolute atomic E-state index is 0.132. The quantitative estimate of drug-likeness (QED) is 0.734. The lowest BCUT2D eigenvalue weighted by molar-refractivity contribution is 0.555. The summed E-state index contributed by atoms with van der Waals surface area (Å²) in [4.78, 5) is 23.9. The average molecular weight is 223 g/mol. The van der Waals surface area contributed by atoms with Crippen molar-refractivity contribution in [2.24, 2.45) is 0 Å². The third-order valence-corrected chi connectivity index (χ3v) is 3.16. The summed E-state index contributed by atoms with van der Waals surface area (Å²) in [5.74, 6) is 5.72. The Bertz CT molecular complexity index is 513. The predicted molar refractivity (Wildman–Crippen MR) is 62.0 cm³/mol. The van der Waals surface area contributed by atoms with Crippen molar-refractivity contribution in [1.29, 1.82) is 0 Å². The second kappa shape index (κ2) is 4.15. The van der Waals surface area contributed by atoms with E-state index in [9.17, 15) is 9.59 Å². The lowest BCUT2D eigenvalue weighted by Crippen LogP contribution is -2.45. The molecule has 5 nitrogen and oxygen atoms in total. The first-order chi connectivity index (χ1) is 7.66. The number of nitrogens with two attached hydrogens (primary N) is 1. The predicted octanol–water partition coefficient (Wildman–Crippen LogP) is 0.0126. The van der Waals surface area contributed by atoms with Crippen molar-refractivity contribution in [3.63, 3.8) is 0 Å². The van der Waals surface area contributed by atoms with E-state index in [4.69, 9.17) is 5.84 Å². The molecule has 88 valence electrons. The van der Waals surface area contributed by atoms with E-state index in [1.165, 1.54) is 4.57 Å². The van der Waals surface area contributed by atoms with E-state index in [1.807, 2.05) is 6.92 Å². The Morgan fingerprint density at radius 1 is 1.31 bits per heavy atom. The maximum Gasteiger partial charge on any atom is 0.349 e. The van der Waals surface area contributed by atoms with Gasteiger partial charge < -0.3 is 5.84 Å². The Balaban J connectivity index is 2.58. The maximum absolute atomic E-state index is 12.0. The molecular weight excluding hydrogens is 206 g/mol. The topological polar surface area (TPSA) is 70.0 Å². The molecule has 0 unspecified atom stereocenters. The van der Waals surface area contributed by atoms with Crippen LogP contribution in [-0.4, -0.2) is 9.24 Å². The number of nitrogen functional groups attached to an aromatic ring is 1. The van der Waals surface area contributed by atoms with Crippen LogP contribution >= 0.6 is 0 Å². The summed E-state index contributed by atoms with van der Waals surface area (Å²) in [6.07, 6.45) is 4.18. The molecule has 0 radical (unpaired) electrons. The third-order valence-electron chi connectivity index (χ3n) is 3.16. The van der Waals surface area contributed by atoms with Crippen LogP contribution in [0.5, 0.6) is 0 Å². The van der Waals surface area contributed by atoms with Gasteiger partial charge in [-0.2, -0.15) is 0 Å². The molecule has 1 heterocycles. The fourth-order valence-corrected chi connectivity index (χ4v) is 2.23. The van der Waals surface area contributed by atoms with Gasteiger partial charge in [-0.15, -0.1) is 0 Å². The Morgan fingerprint density at radius 3 is 2.75 bits per heavy atom. The van der Waals surface area contributed by atoms with E-state index in [0.29, 0.717) is 6.54 Å². The molecule has 2 N–H and O–H groups in total. The molecule has 1 aliphatic rings. The van der Waals surface area contributed by atoms with Crippen molar-refractivity contribution in [2.75, 3.05) is 5.84 Å². The van der Waals surface area contributed by atoms with Gasteiger partial charge in [-0.05, 0) is 25.7 Å². The Morgan fingerprint density at radius 2 is 2.06 bits per heavy atom. The van der Waals surface area contributed by atoms with Crippen LogP contribution in [0, 0.1) is 0 Å². The number of rotatable bonds is 3. The molecule has 0 amide bonds. The van der Waals surface area contributed by atoms with Gasteiger partial charge in [0.25, 0.3) is 5.56 Å². The van der Waals surface area contributed by atoms with Gasteiger partial charge in [0.05, 0.1) is 5.69 Å². The molecule has 0 aromatic carbocycles. The summed E-state index contributed by atoms with van der Waals surface area (Å²) in [5.41, 5.74) is 0.952. The number of unbranched alkanes of at least 4 members (excludes halogenated alkanes) is 1. The molecule has 0 aliphatic heterocycles. The smallest absolute Gasteiger partial charge is 0.335 e. The molecule has 0 saturated heterocycles. The molecule has 0 atom stereocenters. The molecular formula is C11H17N3O2. The second-order valence-electron chi connectivity index (χ2n) is 4.24. The molecule has 0 spiro atoms. The standard InChI is InChI=1S/C11H17N3O2/c1-2-3-7-13-10(15)8-5-4-6-9(8)14(12)11(13)16/h2-7,12H2,1H3. The summed E-state index contributed by atoms with van der Waals surface area (Å²) in [5, 5.41) is 0. The fourth-order valence-electron chi connectivity index (χ4n) is 2.23. The highest BCUT2D eigenvalue weighted by Gasteiger charge is 2.21. The summed E-state index contributed by atoms with van der Waals surface area (Å²) in [7, 11) is 0. The van der Waals surface area contributed by atoms with Crippen molar-refractivity contribution in [1.82, 2.24) is 9.24 Å². The van der Waals surface area contributed by atoms with Crippen LogP contribution in [0.1, 0.15) is 37.4 Å². The number of fused-ring (bicyclic) bond motifs is 1. The summed E-state index contributed by atoms with van der Waals surface area (Å²) in [6.45, 7) is 2.50. The summed E-state index contributed by atoms with van der Waals surface area (Å²) >= 11 is 0. The van der Waals surface area contributed by atoms with E-state index >= 15 is 0 Å².